The van der Waals surface area contributed by atoms with Crippen LogP contribution in [0.5, 0.6) is 5.75 Å². The monoisotopic (exact) mass is 348 g/mol. The van der Waals surface area contributed by atoms with Crippen molar-refractivity contribution in [2.24, 2.45) is 5.92 Å². The maximum atomic E-state index is 12.5. The van der Waals surface area contributed by atoms with Crippen LogP contribution >= 0.6 is 0 Å². The molecule has 2 amide bonds. The summed E-state index contributed by atoms with van der Waals surface area (Å²) < 4.78 is 10.9. The molecule has 1 saturated heterocycles. The number of nitrogens with zero attached hydrogens (tertiary/aromatic N) is 1. The molecule has 0 spiro atoms. The van der Waals surface area contributed by atoms with Gasteiger partial charge in [0.2, 0.25) is 5.91 Å². The zero-order valence-corrected chi connectivity index (χ0v) is 15.5. The highest BCUT2D eigenvalue weighted by molar-refractivity contribution is 5.94. The number of likely N-dealkylation sites (tertiary alicyclic amines) is 1. The van der Waals surface area contributed by atoms with Gasteiger partial charge in [-0.15, -0.1) is 0 Å². The van der Waals surface area contributed by atoms with Crippen LogP contribution in [0.15, 0.2) is 24.3 Å². The molecular weight excluding hydrogens is 320 g/mol. The van der Waals surface area contributed by atoms with Gasteiger partial charge in [0, 0.05) is 19.0 Å². The first-order chi connectivity index (χ1) is 11.8. The number of hydrogen-bond acceptors (Lipinski definition) is 4. The maximum Gasteiger partial charge on any atom is 0.410 e. The number of hydrogen-bond donors (Lipinski definition) is 1. The number of piperidine rings is 1. The topological polar surface area (TPSA) is 67.9 Å². The van der Waals surface area contributed by atoms with Gasteiger partial charge in [-0.05, 0) is 52.7 Å². The summed E-state index contributed by atoms with van der Waals surface area (Å²) in [7, 11) is 0. The van der Waals surface area contributed by atoms with Crippen molar-refractivity contribution in [1.82, 2.24) is 4.90 Å². The molecule has 0 aromatic heterocycles. The molecule has 25 heavy (non-hydrogen) atoms. The van der Waals surface area contributed by atoms with Crippen molar-refractivity contribution in [3.8, 4) is 5.75 Å². The Morgan fingerprint density at radius 3 is 2.44 bits per heavy atom. The minimum Gasteiger partial charge on any atom is -0.492 e. The van der Waals surface area contributed by atoms with Gasteiger partial charge in [-0.25, -0.2) is 4.79 Å². The van der Waals surface area contributed by atoms with E-state index in [0.717, 1.165) is 0 Å². The van der Waals surface area contributed by atoms with Crippen LogP contribution in [-0.2, 0) is 9.53 Å². The van der Waals surface area contributed by atoms with E-state index in [9.17, 15) is 9.59 Å². The predicted octanol–water partition coefficient (Wildman–Crippen LogP) is 3.67. The highest BCUT2D eigenvalue weighted by atomic mass is 16.6. The van der Waals surface area contributed by atoms with Gasteiger partial charge in [-0.3, -0.25) is 4.79 Å². The highest BCUT2D eigenvalue weighted by Gasteiger charge is 2.30. The van der Waals surface area contributed by atoms with Crippen molar-refractivity contribution >= 4 is 17.7 Å². The number of nitrogens with one attached hydrogen (secondary N) is 1. The van der Waals surface area contributed by atoms with Gasteiger partial charge < -0.3 is 19.7 Å². The predicted molar refractivity (Wildman–Crippen MR) is 96.8 cm³/mol. The summed E-state index contributed by atoms with van der Waals surface area (Å²) >= 11 is 0. The molecule has 1 aromatic carbocycles. The molecule has 0 saturated carbocycles. The van der Waals surface area contributed by atoms with E-state index in [1.165, 1.54) is 0 Å². The summed E-state index contributed by atoms with van der Waals surface area (Å²) in [4.78, 5) is 26.3. The summed E-state index contributed by atoms with van der Waals surface area (Å²) in [6, 6.07) is 7.41. The fourth-order valence-electron chi connectivity index (χ4n) is 2.74. The first-order valence-electron chi connectivity index (χ1n) is 8.80. The minimum absolute atomic E-state index is 0.0315. The zero-order chi connectivity index (χ0) is 18.4. The molecule has 1 N–H and O–H groups in total. The Balaban J connectivity index is 1.88. The van der Waals surface area contributed by atoms with Crippen LogP contribution in [0.4, 0.5) is 10.5 Å². The molecule has 0 atom stereocenters. The van der Waals surface area contributed by atoms with Crippen molar-refractivity contribution in [2.75, 3.05) is 25.0 Å². The van der Waals surface area contributed by atoms with Crippen LogP contribution < -0.4 is 10.1 Å². The lowest BCUT2D eigenvalue weighted by molar-refractivity contribution is -0.121. The molecule has 1 aromatic rings. The van der Waals surface area contributed by atoms with Gasteiger partial charge in [0.05, 0.1) is 12.3 Å². The Hall–Kier alpha value is -2.24. The number of amides is 2. The van der Waals surface area contributed by atoms with Gasteiger partial charge in [-0.2, -0.15) is 0 Å². The Morgan fingerprint density at radius 1 is 1.20 bits per heavy atom. The van der Waals surface area contributed by atoms with Crippen molar-refractivity contribution in [1.29, 1.82) is 0 Å². The number of ether oxygens (including phenoxy) is 2. The second kappa shape index (κ2) is 8.23. The summed E-state index contributed by atoms with van der Waals surface area (Å²) in [5.74, 6) is 0.522. The standard InChI is InChI=1S/C19H28N2O4/c1-5-24-16-9-7-6-8-15(16)20-17(22)14-10-12-21(13-11-14)18(23)25-19(2,3)4/h6-9,14H,5,10-13H2,1-4H3,(H,20,22). The van der Waals surface area contributed by atoms with E-state index < -0.39 is 5.60 Å². The molecule has 1 heterocycles. The largest absolute Gasteiger partial charge is 0.492 e. The first kappa shape index (κ1) is 19.1. The molecular formula is C19H28N2O4. The lowest BCUT2D eigenvalue weighted by Gasteiger charge is -2.33. The van der Waals surface area contributed by atoms with E-state index in [-0.39, 0.29) is 17.9 Å². The van der Waals surface area contributed by atoms with Crippen LogP contribution in [0.25, 0.3) is 0 Å². The molecule has 6 heteroatoms. The number of para-hydroxylation sites is 2. The smallest absolute Gasteiger partial charge is 0.410 e. The molecule has 1 aliphatic heterocycles. The number of rotatable bonds is 4. The zero-order valence-electron chi connectivity index (χ0n) is 15.5. The molecule has 6 nitrogen and oxygen atoms in total. The minimum atomic E-state index is -0.506. The SMILES string of the molecule is CCOc1ccccc1NC(=O)C1CCN(C(=O)OC(C)(C)C)CC1. The van der Waals surface area contributed by atoms with Gasteiger partial charge in [-0.1, -0.05) is 12.1 Å². The van der Waals surface area contributed by atoms with Gasteiger partial charge in [0.15, 0.2) is 0 Å². The number of carbonyl (C=O) groups excluding carboxylic acids is 2. The van der Waals surface area contributed by atoms with Gasteiger partial charge in [0.1, 0.15) is 11.4 Å². The molecule has 0 unspecified atom stereocenters. The summed E-state index contributed by atoms with van der Waals surface area (Å²) in [5, 5.41) is 2.95. The molecule has 2 rings (SSSR count). The second-order valence-corrected chi connectivity index (χ2v) is 7.16. The van der Waals surface area contributed by atoms with Crippen LogP contribution in [0.1, 0.15) is 40.5 Å². The van der Waals surface area contributed by atoms with E-state index >= 15 is 0 Å². The summed E-state index contributed by atoms with van der Waals surface area (Å²) in [5.41, 5.74) is 0.179. The van der Waals surface area contributed by atoms with E-state index in [1.54, 1.807) is 4.90 Å². The lowest BCUT2D eigenvalue weighted by atomic mass is 9.96. The van der Waals surface area contributed by atoms with Crippen molar-refractivity contribution in [3.63, 3.8) is 0 Å². The number of carbonyl (C=O) groups is 2. The third-order valence-corrected chi connectivity index (χ3v) is 3.96. The fraction of sp³-hybridized carbons (Fsp3) is 0.579. The van der Waals surface area contributed by atoms with Crippen LogP contribution in [0.3, 0.4) is 0 Å². The van der Waals surface area contributed by atoms with Gasteiger partial charge in [0.25, 0.3) is 0 Å². The van der Waals surface area contributed by atoms with Crippen LogP contribution in [0, 0.1) is 5.92 Å². The van der Waals surface area contributed by atoms with Crippen molar-refractivity contribution < 1.29 is 19.1 Å². The van der Waals surface area contributed by atoms with E-state index in [1.807, 2.05) is 52.0 Å². The normalized spacial score (nSPS) is 15.6. The van der Waals surface area contributed by atoms with Crippen LogP contribution in [0.2, 0.25) is 0 Å². The molecule has 1 aliphatic rings. The van der Waals surface area contributed by atoms with E-state index in [4.69, 9.17) is 9.47 Å². The van der Waals surface area contributed by atoms with Crippen LogP contribution in [-0.4, -0.2) is 42.2 Å². The third-order valence-electron chi connectivity index (χ3n) is 3.96. The number of benzene rings is 1. The average molecular weight is 348 g/mol. The average Bonchev–Trinajstić information content (AvgIpc) is 2.55. The maximum absolute atomic E-state index is 12.5. The highest BCUT2D eigenvalue weighted by Crippen LogP contribution is 2.26. The Morgan fingerprint density at radius 2 is 1.84 bits per heavy atom. The molecule has 138 valence electrons. The molecule has 0 bridgehead atoms. The Labute approximate surface area is 149 Å². The first-order valence-corrected chi connectivity index (χ1v) is 8.80. The van der Waals surface area contributed by atoms with E-state index in [0.29, 0.717) is 44.0 Å². The van der Waals surface area contributed by atoms with Crippen molar-refractivity contribution in [2.45, 2.75) is 46.1 Å². The second-order valence-electron chi connectivity index (χ2n) is 7.16. The summed E-state index contributed by atoms with van der Waals surface area (Å²) in [6.07, 6.45) is 0.942. The molecule has 0 radical (unpaired) electrons. The Bertz CT molecular complexity index is 602. The molecule has 1 fully saturated rings. The number of anilines is 1. The summed E-state index contributed by atoms with van der Waals surface area (Å²) in [6.45, 7) is 9.05. The van der Waals surface area contributed by atoms with E-state index in [2.05, 4.69) is 5.32 Å². The fourth-order valence-corrected chi connectivity index (χ4v) is 2.74. The quantitative estimate of drug-likeness (QED) is 0.901. The lowest BCUT2D eigenvalue weighted by Crippen LogP contribution is -2.43. The van der Waals surface area contributed by atoms with Crippen molar-refractivity contribution in [3.05, 3.63) is 24.3 Å². The third kappa shape index (κ3) is 5.66. The van der Waals surface area contributed by atoms with Gasteiger partial charge >= 0.3 is 6.09 Å². The Kier molecular flexibility index (Phi) is 6.28. The molecule has 0 aliphatic carbocycles.